The third kappa shape index (κ3) is 1.80. The molecule has 1 saturated heterocycles. The van der Waals surface area contributed by atoms with Crippen LogP contribution in [-0.2, 0) is 4.84 Å². The van der Waals surface area contributed by atoms with E-state index in [1.807, 2.05) is 0 Å². The summed E-state index contributed by atoms with van der Waals surface area (Å²) in [4.78, 5) is 6.01. The first-order valence-corrected chi connectivity index (χ1v) is 6.77. The molecule has 0 N–H and O–H groups in total. The maximum atomic E-state index is 6.01. The second-order valence-electron chi connectivity index (χ2n) is 5.50. The van der Waals surface area contributed by atoms with Crippen LogP contribution in [0.4, 0.5) is 0 Å². The van der Waals surface area contributed by atoms with Crippen molar-refractivity contribution in [1.82, 2.24) is 5.06 Å². The van der Waals surface area contributed by atoms with E-state index in [0.29, 0.717) is 12.0 Å². The molecule has 1 aliphatic carbocycles. The van der Waals surface area contributed by atoms with Crippen LogP contribution in [0.3, 0.4) is 0 Å². The van der Waals surface area contributed by atoms with Crippen LogP contribution in [0, 0.1) is 5.92 Å². The SMILES string of the molecule is C[C@H](c1ccccc1)N1O[C@]12CCCC[C@@H]2C. The number of hydroxylamine groups is 2. The average Bonchev–Trinajstić information content (AvgIpc) is 3.09. The molecular formula is C15H21NO. The van der Waals surface area contributed by atoms with E-state index in [0.717, 1.165) is 0 Å². The zero-order valence-electron chi connectivity index (χ0n) is 10.7. The summed E-state index contributed by atoms with van der Waals surface area (Å²) in [6, 6.07) is 11.0. The standard InChI is InChI=1S/C15H21NO/c1-12-8-6-7-11-15(12)16(17-15)13(2)14-9-4-3-5-10-14/h3-5,9-10,12-13H,6-8,11H2,1-2H3/t12-,13+,15-,16?/m0/s1. The predicted octanol–water partition coefficient (Wildman–Crippen LogP) is 3.90. The predicted molar refractivity (Wildman–Crippen MR) is 68.1 cm³/mol. The Morgan fingerprint density at radius 1 is 1.29 bits per heavy atom. The number of hydrogen-bond acceptors (Lipinski definition) is 2. The molecule has 0 radical (unpaired) electrons. The summed E-state index contributed by atoms with van der Waals surface area (Å²) >= 11 is 0. The van der Waals surface area contributed by atoms with E-state index in [-0.39, 0.29) is 5.72 Å². The van der Waals surface area contributed by atoms with Crippen LogP contribution >= 0.6 is 0 Å². The van der Waals surface area contributed by atoms with E-state index >= 15 is 0 Å². The van der Waals surface area contributed by atoms with E-state index in [2.05, 4.69) is 49.2 Å². The van der Waals surface area contributed by atoms with Crippen molar-refractivity contribution in [1.29, 1.82) is 0 Å². The normalized spacial score (nSPS) is 38.0. The lowest BCUT2D eigenvalue weighted by atomic mass is 9.83. The number of nitrogens with zero attached hydrogens (tertiary/aromatic N) is 1. The van der Waals surface area contributed by atoms with Crippen molar-refractivity contribution in [3.63, 3.8) is 0 Å². The van der Waals surface area contributed by atoms with Crippen LogP contribution in [0.15, 0.2) is 30.3 Å². The monoisotopic (exact) mass is 231 g/mol. The van der Waals surface area contributed by atoms with Gasteiger partial charge in [0, 0.05) is 5.92 Å². The lowest BCUT2D eigenvalue weighted by Gasteiger charge is -2.26. The fourth-order valence-electron chi connectivity index (χ4n) is 3.19. The Labute approximate surface area is 104 Å². The molecule has 0 bridgehead atoms. The molecule has 0 aromatic heterocycles. The molecule has 0 amide bonds. The van der Waals surface area contributed by atoms with Gasteiger partial charge in [0.25, 0.3) is 0 Å². The van der Waals surface area contributed by atoms with Gasteiger partial charge < -0.3 is 0 Å². The van der Waals surface area contributed by atoms with Gasteiger partial charge in [0.2, 0.25) is 0 Å². The summed E-state index contributed by atoms with van der Waals surface area (Å²) in [5.74, 6) is 0.669. The van der Waals surface area contributed by atoms with Crippen LogP contribution in [0.1, 0.15) is 51.1 Å². The highest BCUT2D eigenvalue weighted by Crippen LogP contribution is 2.54. The molecule has 1 spiro atoms. The second kappa shape index (κ2) is 4.11. The van der Waals surface area contributed by atoms with E-state index in [9.17, 15) is 0 Å². The molecule has 1 saturated carbocycles. The highest BCUT2D eigenvalue weighted by atomic mass is 16.9. The van der Waals surface area contributed by atoms with Gasteiger partial charge in [-0.25, -0.2) is 0 Å². The third-order valence-electron chi connectivity index (χ3n) is 4.42. The van der Waals surface area contributed by atoms with Crippen molar-refractivity contribution in [3.8, 4) is 0 Å². The fourth-order valence-corrected chi connectivity index (χ4v) is 3.19. The molecule has 2 fully saturated rings. The van der Waals surface area contributed by atoms with E-state index in [4.69, 9.17) is 4.84 Å². The van der Waals surface area contributed by atoms with Gasteiger partial charge >= 0.3 is 0 Å². The molecule has 3 rings (SSSR count). The Bertz CT molecular complexity index is 391. The van der Waals surface area contributed by atoms with Gasteiger partial charge in [0.1, 0.15) is 0 Å². The zero-order chi connectivity index (χ0) is 11.9. The van der Waals surface area contributed by atoms with Gasteiger partial charge in [-0.3, -0.25) is 4.84 Å². The first-order valence-electron chi connectivity index (χ1n) is 6.77. The molecule has 1 heterocycles. The highest BCUT2D eigenvalue weighted by molar-refractivity contribution is 5.19. The van der Waals surface area contributed by atoms with Gasteiger partial charge in [-0.05, 0) is 31.7 Å². The van der Waals surface area contributed by atoms with Crippen LogP contribution in [0.5, 0.6) is 0 Å². The van der Waals surface area contributed by atoms with Crippen molar-refractivity contribution >= 4 is 0 Å². The van der Waals surface area contributed by atoms with Crippen LogP contribution in [0.25, 0.3) is 0 Å². The first kappa shape index (κ1) is 11.2. The third-order valence-corrected chi connectivity index (χ3v) is 4.42. The maximum Gasteiger partial charge on any atom is 0.168 e. The molecular weight excluding hydrogens is 210 g/mol. The smallest absolute Gasteiger partial charge is 0.168 e. The zero-order valence-corrected chi connectivity index (χ0v) is 10.7. The van der Waals surface area contributed by atoms with E-state index in [1.165, 1.54) is 31.2 Å². The highest BCUT2D eigenvalue weighted by Gasteiger charge is 2.61. The number of hydrogen-bond donors (Lipinski definition) is 0. The van der Waals surface area contributed by atoms with E-state index < -0.39 is 0 Å². The minimum Gasteiger partial charge on any atom is -0.271 e. The van der Waals surface area contributed by atoms with Crippen molar-refractivity contribution in [2.45, 2.75) is 51.3 Å². The summed E-state index contributed by atoms with van der Waals surface area (Å²) < 4.78 is 0. The maximum absolute atomic E-state index is 6.01. The fraction of sp³-hybridized carbons (Fsp3) is 0.600. The largest absolute Gasteiger partial charge is 0.271 e. The Kier molecular flexibility index (Phi) is 2.72. The molecule has 92 valence electrons. The summed E-state index contributed by atoms with van der Waals surface area (Å²) in [5.41, 5.74) is 1.41. The number of rotatable bonds is 2. The number of benzene rings is 1. The quantitative estimate of drug-likeness (QED) is 0.717. The lowest BCUT2D eigenvalue weighted by Crippen LogP contribution is -2.31. The van der Waals surface area contributed by atoms with Crippen molar-refractivity contribution in [2.75, 3.05) is 0 Å². The van der Waals surface area contributed by atoms with Gasteiger partial charge in [0.05, 0.1) is 6.04 Å². The van der Waals surface area contributed by atoms with Crippen LogP contribution in [-0.4, -0.2) is 10.8 Å². The van der Waals surface area contributed by atoms with Gasteiger partial charge in [-0.15, -0.1) is 5.06 Å². The molecule has 17 heavy (non-hydrogen) atoms. The van der Waals surface area contributed by atoms with E-state index in [1.54, 1.807) is 0 Å². The topological polar surface area (TPSA) is 15.5 Å². The minimum absolute atomic E-state index is 0.0630. The van der Waals surface area contributed by atoms with Crippen LogP contribution < -0.4 is 0 Å². The molecule has 1 aromatic carbocycles. The second-order valence-corrected chi connectivity index (χ2v) is 5.50. The Hall–Kier alpha value is -0.860. The molecule has 2 nitrogen and oxygen atoms in total. The Morgan fingerprint density at radius 2 is 2.06 bits per heavy atom. The Morgan fingerprint density at radius 3 is 2.76 bits per heavy atom. The molecule has 4 atom stereocenters. The van der Waals surface area contributed by atoms with Crippen molar-refractivity contribution < 1.29 is 4.84 Å². The lowest BCUT2D eigenvalue weighted by molar-refractivity contribution is 0.144. The Balaban J connectivity index is 1.75. The molecule has 2 aliphatic rings. The van der Waals surface area contributed by atoms with Crippen molar-refractivity contribution in [2.24, 2.45) is 5.92 Å². The summed E-state index contributed by atoms with van der Waals surface area (Å²) in [7, 11) is 0. The molecule has 2 heteroatoms. The first-order chi connectivity index (χ1) is 8.24. The van der Waals surface area contributed by atoms with Gasteiger partial charge in [-0.1, -0.05) is 43.7 Å². The molecule has 1 unspecified atom stereocenters. The van der Waals surface area contributed by atoms with Gasteiger partial charge in [-0.2, -0.15) is 0 Å². The van der Waals surface area contributed by atoms with Crippen molar-refractivity contribution in [3.05, 3.63) is 35.9 Å². The molecule has 1 aliphatic heterocycles. The van der Waals surface area contributed by atoms with Gasteiger partial charge in [0.15, 0.2) is 5.72 Å². The average molecular weight is 231 g/mol. The summed E-state index contributed by atoms with van der Waals surface area (Å²) in [5, 5.41) is 2.23. The summed E-state index contributed by atoms with van der Waals surface area (Å²) in [6.07, 6.45) is 5.17. The summed E-state index contributed by atoms with van der Waals surface area (Å²) in [6.45, 7) is 4.57. The molecule has 1 aromatic rings. The van der Waals surface area contributed by atoms with Crippen LogP contribution in [0.2, 0.25) is 0 Å². The minimum atomic E-state index is 0.0630.